The van der Waals surface area contributed by atoms with Crippen LogP contribution in [0.5, 0.6) is 5.75 Å². The molecular formula is C22H12F7IN2O3. The van der Waals surface area contributed by atoms with Crippen LogP contribution in [-0.2, 0) is 0 Å². The summed E-state index contributed by atoms with van der Waals surface area (Å²) in [6, 6.07) is 5.18. The Morgan fingerprint density at radius 2 is 1.37 bits per heavy atom. The number of halogens is 8. The van der Waals surface area contributed by atoms with Gasteiger partial charge in [0.25, 0.3) is 5.91 Å². The number of esters is 1. The van der Waals surface area contributed by atoms with Crippen LogP contribution in [0.1, 0.15) is 26.3 Å². The van der Waals surface area contributed by atoms with E-state index in [0.717, 1.165) is 10.6 Å². The van der Waals surface area contributed by atoms with Crippen LogP contribution in [0.2, 0.25) is 0 Å². The number of rotatable bonds is 5. The van der Waals surface area contributed by atoms with Crippen LogP contribution in [0, 0.1) is 51.2 Å². The third-order valence-electron chi connectivity index (χ3n) is 4.71. The molecule has 184 valence electrons. The number of nitrogens with one attached hydrogen (secondary N) is 2. The molecule has 3 aromatic rings. The Bertz CT molecular complexity index is 1350. The highest BCUT2D eigenvalue weighted by molar-refractivity contribution is 14.1. The highest BCUT2D eigenvalue weighted by atomic mass is 127. The van der Waals surface area contributed by atoms with Crippen LogP contribution in [0.4, 0.5) is 42.1 Å². The van der Waals surface area contributed by atoms with Crippen molar-refractivity contribution >= 4 is 45.8 Å². The Hall–Kier alpha value is -3.36. The van der Waals surface area contributed by atoms with E-state index in [1.54, 1.807) is 19.1 Å². The SMILES string of the molecule is CNC(=O)c1cc(C(=O)Oc2c(F)c(F)c(F)c(F)c2F)c(Nc2ccc(I)cc2C)c(F)c1F. The van der Waals surface area contributed by atoms with Crippen molar-refractivity contribution in [2.75, 3.05) is 12.4 Å². The van der Waals surface area contributed by atoms with Gasteiger partial charge in [0.05, 0.1) is 16.8 Å². The summed E-state index contributed by atoms with van der Waals surface area (Å²) in [6.07, 6.45) is 0. The Kier molecular flexibility index (Phi) is 7.57. The maximum Gasteiger partial charge on any atom is 0.346 e. The zero-order valence-electron chi connectivity index (χ0n) is 17.6. The first-order chi connectivity index (χ1) is 16.4. The first-order valence-electron chi connectivity index (χ1n) is 9.39. The number of carbonyl (C=O) groups excluding carboxylic acids is 2. The van der Waals surface area contributed by atoms with Gasteiger partial charge in [-0.1, -0.05) is 0 Å². The molecule has 13 heteroatoms. The summed E-state index contributed by atoms with van der Waals surface area (Å²) in [6.45, 7) is 1.59. The van der Waals surface area contributed by atoms with Crippen LogP contribution in [0.3, 0.4) is 0 Å². The molecule has 5 nitrogen and oxygen atoms in total. The lowest BCUT2D eigenvalue weighted by atomic mass is 10.0. The predicted molar refractivity (Wildman–Crippen MR) is 118 cm³/mol. The molecule has 0 aliphatic rings. The van der Waals surface area contributed by atoms with Crippen molar-refractivity contribution in [3.05, 3.63) is 85.2 Å². The first kappa shape index (κ1) is 26.2. The summed E-state index contributed by atoms with van der Waals surface area (Å²) in [5.41, 5.74) is -2.19. The second kappa shape index (κ2) is 10.1. The number of aryl methyl sites for hydroxylation is 1. The molecule has 0 saturated heterocycles. The van der Waals surface area contributed by atoms with E-state index in [4.69, 9.17) is 0 Å². The summed E-state index contributed by atoms with van der Waals surface area (Å²) in [7, 11) is 1.08. The molecule has 0 fully saturated rings. The van der Waals surface area contributed by atoms with E-state index in [1.165, 1.54) is 6.07 Å². The predicted octanol–water partition coefficient (Wildman–Crippen LogP) is 5.90. The molecule has 0 saturated carbocycles. The Morgan fingerprint density at radius 3 is 1.91 bits per heavy atom. The molecule has 3 aromatic carbocycles. The third kappa shape index (κ3) is 4.90. The number of ether oxygens (including phenoxy) is 1. The molecule has 0 aromatic heterocycles. The molecule has 35 heavy (non-hydrogen) atoms. The Morgan fingerprint density at radius 1 is 0.800 bits per heavy atom. The molecule has 2 N–H and O–H groups in total. The minimum Gasteiger partial charge on any atom is -0.416 e. The number of hydrogen-bond acceptors (Lipinski definition) is 4. The molecule has 0 aliphatic heterocycles. The number of carbonyl (C=O) groups is 2. The largest absolute Gasteiger partial charge is 0.416 e. The van der Waals surface area contributed by atoms with Crippen molar-refractivity contribution < 1.29 is 45.1 Å². The highest BCUT2D eigenvalue weighted by Gasteiger charge is 2.32. The molecule has 0 radical (unpaired) electrons. The van der Waals surface area contributed by atoms with Crippen LogP contribution in [0.25, 0.3) is 0 Å². The number of benzene rings is 3. The van der Waals surface area contributed by atoms with Gasteiger partial charge < -0.3 is 15.4 Å². The van der Waals surface area contributed by atoms with Gasteiger partial charge in [-0.3, -0.25) is 4.79 Å². The Balaban J connectivity index is 2.20. The van der Waals surface area contributed by atoms with E-state index >= 15 is 4.39 Å². The molecule has 0 aliphatic carbocycles. The van der Waals surface area contributed by atoms with Crippen molar-refractivity contribution in [2.45, 2.75) is 6.92 Å². The number of hydrogen-bond donors (Lipinski definition) is 2. The molecule has 0 bridgehead atoms. The van der Waals surface area contributed by atoms with Gasteiger partial charge in [0.15, 0.2) is 11.6 Å². The topological polar surface area (TPSA) is 67.4 Å². The molecule has 0 heterocycles. The summed E-state index contributed by atoms with van der Waals surface area (Å²) < 4.78 is 103. The molecule has 1 amide bonds. The average Bonchev–Trinajstić information content (AvgIpc) is 2.83. The quantitative estimate of drug-likeness (QED) is 0.0942. The summed E-state index contributed by atoms with van der Waals surface area (Å²) in [5.74, 6) is -20.6. The summed E-state index contributed by atoms with van der Waals surface area (Å²) in [4.78, 5) is 24.7. The lowest BCUT2D eigenvalue weighted by molar-refractivity contribution is 0.0716. The lowest BCUT2D eigenvalue weighted by Crippen LogP contribution is -2.23. The minimum absolute atomic E-state index is 0.168. The zero-order chi connectivity index (χ0) is 26.2. The van der Waals surface area contributed by atoms with Gasteiger partial charge in [-0.25, -0.2) is 26.7 Å². The molecular weight excluding hydrogens is 600 g/mol. The smallest absolute Gasteiger partial charge is 0.346 e. The van der Waals surface area contributed by atoms with E-state index in [0.29, 0.717) is 11.6 Å². The molecule has 0 unspecified atom stereocenters. The Labute approximate surface area is 206 Å². The van der Waals surface area contributed by atoms with Gasteiger partial charge in [-0.15, -0.1) is 0 Å². The molecule has 0 spiro atoms. The van der Waals surface area contributed by atoms with E-state index in [9.17, 15) is 35.9 Å². The second-order valence-corrected chi connectivity index (χ2v) is 8.17. The fourth-order valence-corrected chi connectivity index (χ4v) is 3.58. The van der Waals surface area contributed by atoms with E-state index in [2.05, 4.69) is 10.1 Å². The second-order valence-electron chi connectivity index (χ2n) is 6.93. The van der Waals surface area contributed by atoms with Gasteiger partial charge in [0.1, 0.15) is 0 Å². The fourth-order valence-electron chi connectivity index (χ4n) is 2.93. The molecule has 0 atom stereocenters. The van der Waals surface area contributed by atoms with Crippen LogP contribution >= 0.6 is 22.6 Å². The maximum absolute atomic E-state index is 15.0. The van der Waals surface area contributed by atoms with Crippen molar-refractivity contribution in [1.82, 2.24) is 5.32 Å². The van der Waals surface area contributed by atoms with E-state index < -0.39 is 75.2 Å². The van der Waals surface area contributed by atoms with Crippen molar-refractivity contribution in [2.24, 2.45) is 0 Å². The first-order valence-corrected chi connectivity index (χ1v) is 10.5. The lowest BCUT2D eigenvalue weighted by Gasteiger charge is -2.17. The standard InChI is InChI=1S/C22H12F7IN2O3/c1-7-5-8(30)3-4-11(7)32-19-10(6-9(21(33)31-2)12(23)16(19)27)22(34)35-20-17(28)14(25)13(24)15(26)18(20)29/h3-6,32H,1-2H3,(H,31,33). The van der Waals surface area contributed by atoms with Gasteiger partial charge in [-0.05, 0) is 59.3 Å². The summed E-state index contributed by atoms with van der Waals surface area (Å²) in [5, 5.41) is 4.45. The average molecular weight is 612 g/mol. The van der Waals surface area contributed by atoms with Gasteiger partial charge in [0.2, 0.25) is 34.8 Å². The van der Waals surface area contributed by atoms with E-state index in [1.807, 2.05) is 27.9 Å². The van der Waals surface area contributed by atoms with Crippen molar-refractivity contribution in [3.63, 3.8) is 0 Å². The van der Waals surface area contributed by atoms with Gasteiger partial charge >= 0.3 is 5.97 Å². The number of amides is 1. The van der Waals surface area contributed by atoms with Crippen molar-refractivity contribution in [1.29, 1.82) is 0 Å². The highest BCUT2D eigenvalue weighted by Crippen LogP contribution is 2.34. The number of anilines is 2. The van der Waals surface area contributed by atoms with E-state index in [-0.39, 0.29) is 5.69 Å². The zero-order valence-corrected chi connectivity index (χ0v) is 19.7. The van der Waals surface area contributed by atoms with Gasteiger partial charge in [0, 0.05) is 16.3 Å². The monoisotopic (exact) mass is 612 g/mol. The fraction of sp³-hybridized carbons (Fsp3) is 0.0909. The normalized spacial score (nSPS) is 10.8. The molecule has 3 rings (SSSR count). The van der Waals surface area contributed by atoms with Crippen LogP contribution < -0.4 is 15.4 Å². The van der Waals surface area contributed by atoms with Crippen LogP contribution in [-0.4, -0.2) is 18.9 Å². The maximum atomic E-state index is 15.0. The van der Waals surface area contributed by atoms with Crippen molar-refractivity contribution in [3.8, 4) is 5.75 Å². The summed E-state index contributed by atoms with van der Waals surface area (Å²) >= 11 is 1.98. The van der Waals surface area contributed by atoms with Crippen LogP contribution in [0.15, 0.2) is 24.3 Å². The minimum atomic E-state index is -2.49. The van der Waals surface area contributed by atoms with Gasteiger partial charge in [-0.2, -0.15) is 8.78 Å². The third-order valence-corrected chi connectivity index (χ3v) is 5.38.